The summed E-state index contributed by atoms with van der Waals surface area (Å²) in [5.74, 6) is -0.122. The van der Waals surface area contributed by atoms with Crippen LogP contribution < -0.4 is 10.1 Å². The van der Waals surface area contributed by atoms with Crippen molar-refractivity contribution in [2.45, 2.75) is 25.3 Å². The first-order chi connectivity index (χ1) is 12.9. The molecule has 2 aliphatic heterocycles. The van der Waals surface area contributed by atoms with E-state index in [1.54, 1.807) is 35.2 Å². The number of anilines is 1. The van der Waals surface area contributed by atoms with E-state index in [1.807, 2.05) is 0 Å². The summed E-state index contributed by atoms with van der Waals surface area (Å²) in [6, 6.07) is 6.78. The van der Waals surface area contributed by atoms with Gasteiger partial charge in [0, 0.05) is 30.8 Å². The fourth-order valence-electron chi connectivity index (χ4n) is 3.45. The maximum atomic E-state index is 12.6. The highest BCUT2D eigenvalue weighted by molar-refractivity contribution is 7.91. The van der Waals surface area contributed by atoms with E-state index in [4.69, 9.17) is 4.74 Å². The van der Waals surface area contributed by atoms with Crippen molar-refractivity contribution < 1.29 is 22.7 Å². The summed E-state index contributed by atoms with van der Waals surface area (Å²) in [7, 11) is -3.07. The van der Waals surface area contributed by atoms with Gasteiger partial charge < -0.3 is 15.0 Å². The number of ether oxygens (including phenoxy) is 1. The molecule has 0 radical (unpaired) electrons. The Balaban J connectivity index is 1.58. The van der Waals surface area contributed by atoms with Crippen LogP contribution in [0.25, 0.3) is 0 Å². The highest BCUT2D eigenvalue weighted by atomic mass is 32.2. The van der Waals surface area contributed by atoms with Crippen molar-refractivity contribution in [3.8, 4) is 5.75 Å². The smallest absolute Gasteiger partial charge is 0.229 e. The van der Waals surface area contributed by atoms with Gasteiger partial charge in [-0.05, 0) is 25.0 Å². The Bertz CT molecular complexity index is 836. The summed E-state index contributed by atoms with van der Waals surface area (Å²) >= 11 is 0. The van der Waals surface area contributed by atoms with Crippen LogP contribution in [0.1, 0.15) is 19.3 Å². The van der Waals surface area contributed by atoms with Crippen molar-refractivity contribution >= 4 is 27.3 Å². The third-order valence-corrected chi connectivity index (χ3v) is 6.62. The van der Waals surface area contributed by atoms with Crippen molar-refractivity contribution in [2.75, 3.05) is 30.0 Å². The molecule has 2 amide bonds. The van der Waals surface area contributed by atoms with E-state index in [0.29, 0.717) is 24.5 Å². The molecular formula is C19H24N2O5S. The lowest BCUT2D eigenvalue weighted by Crippen LogP contribution is -2.38. The van der Waals surface area contributed by atoms with Gasteiger partial charge >= 0.3 is 0 Å². The number of nitrogens with one attached hydrogen (secondary N) is 1. The molecule has 2 fully saturated rings. The van der Waals surface area contributed by atoms with E-state index >= 15 is 0 Å². The number of sulfone groups is 1. The van der Waals surface area contributed by atoms with E-state index in [0.717, 1.165) is 6.42 Å². The standard InChI is InChI=1S/C19H24N2O5S/c1-2-3-8-26-17-6-4-5-15(11-17)20-19(23)14-10-18(22)21(12-14)16-7-9-27(24,25)13-16/h2,4-6,11,14,16H,1,3,7-10,12-13H2,(H,20,23). The molecule has 27 heavy (non-hydrogen) atoms. The monoisotopic (exact) mass is 392 g/mol. The van der Waals surface area contributed by atoms with Crippen LogP contribution in [0.15, 0.2) is 36.9 Å². The molecule has 0 bridgehead atoms. The Morgan fingerprint density at radius 3 is 2.93 bits per heavy atom. The predicted octanol–water partition coefficient (Wildman–Crippen LogP) is 1.62. The number of carbonyl (C=O) groups is 2. The number of hydrogen-bond donors (Lipinski definition) is 1. The minimum atomic E-state index is -3.07. The number of carbonyl (C=O) groups excluding carboxylic acids is 2. The molecule has 146 valence electrons. The number of rotatable bonds is 7. The topological polar surface area (TPSA) is 92.8 Å². The van der Waals surface area contributed by atoms with Gasteiger partial charge in [0.15, 0.2) is 9.84 Å². The van der Waals surface area contributed by atoms with Crippen LogP contribution in [0.5, 0.6) is 5.75 Å². The van der Waals surface area contributed by atoms with Crippen LogP contribution in [0.4, 0.5) is 5.69 Å². The first-order valence-corrected chi connectivity index (χ1v) is 10.8. The minimum absolute atomic E-state index is 0.00281. The largest absolute Gasteiger partial charge is 0.493 e. The number of amides is 2. The van der Waals surface area contributed by atoms with Crippen LogP contribution in [0.2, 0.25) is 0 Å². The molecule has 2 unspecified atom stereocenters. The van der Waals surface area contributed by atoms with Crippen LogP contribution in [0.3, 0.4) is 0 Å². The molecule has 7 nitrogen and oxygen atoms in total. The van der Waals surface area contributed by atoms with Gasteiger partial charge in [0.25, 0.3) is 0 Å². The Labute approximate surface area is 159 Å². The second-order valence-electron chi connectivity index (χ2n) is 6.95. The fraction of sp³-hybridized carbons (Fsp3) is 0.474. The highest BCUT2D eigenvalue weighted by Crippen LogP contribution is 2.27. The average Bonchev–Trinajstić information content (AvgIpc) is 3.17. The van der Waals surface area contributed by atoms with Gasteiger partial charge in [-0.3, -0.25) is 9.59 Å². The third kappa shape index (κ3) is 4.88. The number of hydrogen-bond acceptors (Lipinski definition) is 5. The quantitative estimate of drug-likeness (QED) is 0.562. The highest BCUT2D eigenvalue weighted by Gasteiger charge is 2.41. The Hall–Kier alpha value is -2.35. The first-order valence-electron chi connectivity index (χ1n) is 9.02. The summed E-state index contributed by atoms with van der Waals surface area (Å²) in [6.45, 7) is 4.42. The summed E-state index contributed by atoms with van der Waals surface area (Å²) in [5.41, 5.74) is 0.602. The number of benzene rings is 1. The summed E-state index contributed by atoms with van der Waals surface area (Å²) in [6.07, 6.45) is 3.06. The van der Waals surface area contributed by atoms with Gasteiger partial charge in [0.05, 0.1) is 24.0 Å². The second kappa shape index (κ2) is 8.12. The lowest BCUT2D eigenvalue weighted by atomic mass is 10.1. The predicted molar refractivity (Wildman–Crippen MR) is 102 cm³/mol. The zero-order chi connectivity index (χ0) is 19.4. The van der Waals surface area contributed by atoms with Gasteiger partial charge in [0.1, 0.15) is 5.75 Å². The molecule has 0 spiro atoms. The van der Waals surface area contributed by atoms with Crippen LogP contribution in [0, 0.1) is 5.92 Å². The maximum Gasteiger partial charge on any atom is 0.229 e. The lowest BCUT2D eigenvalue weighted by Gasteiger charge is -2.23. The molecule has 2 saturated heterocycles. The molecule has 8 heteroatoms. The third-order valence-electron chi connectivity index (χ3n) is 4.87. The molecule has 2 atom stereocenters. The van der Waals surface area contributed by atoms with E-state index in [9.17, 15) is 18.0 Å². The van der Waals surface area contributed by atoms with Crippen molar-refractivity contribution in [3.63, 3.8) is 0 Å². The fourth-order valence-corrected chi connectivity index (χ4v) is 5.18. The molecule has 0 aliphatic carbocycles. The molecule has 1 aromatic carbocycles. The van der Waals surface area contributed by atoms with Crippen LogP contribution in [-0.2, 0) is 19.4 Å². The Morgan fingerprint density at radius 2 is 2.22 bits per heavy atom. The van der Waals surface area contributed by atoms with Gasteiger partial charge in [-0.2, -0.15) is 0 Å². The molecule has 1 aromatic rings. The van der Waals surface area contributed by atoms with Gasteiger partial charge in [-0.25, -0.2) is 8.42 Å². The van der Waals surface area contributed by atoms with Gasteiger partial charge in [0.2, 0.25) is 11.8 Å². The van der Waals surface area contributed by atoms with Crippen LogP contribution in [-0.4, -0.2) is 55.8 Å². The molecule has 2 aliphatic rings. The zero-order valence-corrected chi connectivity index (χ0v) is 15.9. The van der Waals surface area contributed by atoms with Gasteiger partial charge in [-0.1, -0.05) is 12.1 Å². The Morgan fingerprint density at radius 1 is 1.41 bits per heavy atom. The first kappa shape index (κ1) is 19.4. The van der Waals surface area contributed by atoms with E-state index in [-0.39, 0.29) is 42.3 Å². The summed E-state index contributed by atoms with van der Waals surface area (Å²) in [4.78, 5) is 26.4. The van der Waals surface area contributed by atoms with Crippen molar-refractivity contribution in [2.24, 2.45) is 5.92 Å². The van der Waals surface area contributed by atoms with E-state index < -0.39 is 15.8 Å². The van der Waals surface area contributed by atoms with Crippen LogP contribution >= 0.6 is 0 Å². The normalized spacial score (nSPS) is 24.0. The van der Waals surface area contributed by atoms with Crippen molar-refractivity contribution in [3.05, 3.63) is 36.9 Å². The lowest BCUT2D eigenvalue weighted by molar-refractivity contribution is -0.129. The van der Waals surface area contributed by atoms with Crippen molar-refractivity contribution in [1.29, 1.82) is 0 Å². The van der Waals surface area contributed by atoms with Crippen molar-refractivity contribution in [1.82, 2.24) is 4.90 Å². The molecule has 3 rings (SSSR count). The molecule has 0 aromatic heterocycles. The van der Waals surface area contributed by atoms with Gasteiger partial charge in [-0.15, -0.1) is 6.58 Å². The average molecular weight is 392 g/mol. The summed E-state index contributed by atoms with van der Waals surface area (Å²) < 4.78 is 28.9. The molecule has 2 heterocycles. The Kier molecular flexibility index (Phi) is 5.84. The maximum absolute atomic E-state index is 12.6. The number of likely N-dealkylation sites (tertiary alicyclic amines) is 1. The summed E-state index contributed by atoms with van der Waals surface area (Å²) in [5, 5.41) is 2.83. The SMILES string of the molecule is C=CCCOc1cccc(NC(=O)C2CC(=O)N(C3CCS(=O)(=O)C3)C2)c1. The molecule has 0 saturated carbocycles. The second-order valence-corrected chi connectivity index (χ2v) is 9.18. The molecular weight excluding hydrogens is 368 g/mol. The van der Waals surface area contributed by atoms with E-state index in [2.05, 4.69) is 11.9 Å². The van der Waals surface area contributed by atoms with E-state index in [1.165, 1.54) is 0 Å². The molecule has 1 N–H and O–H groups in total. The minimum Gasteiger partial charge on any atom is -0.493 e. The zero-order valence-electron chi connectivity index (χ0n) is 15.1. The number of nitrogens with zero attached hydrogens (tertiary/aromatic N) is 1.